The van der Waals surface area contributed by atoms with Crippen LogP contribution < -0.4 is 0 Å². The topological polar surface area (TPSA) is 26.3 Å². The molecule has 0 spiro atoms. The predicted molar refractivity (Wildman–Crippen MR) is 76.4 cm³/mol. The second-order valence-corrected chi connectivity index (χ2v) is 4.62. The van der Waals surface area contributed by atoms with Crippen molar-refractivity contribution in [1.29, 1.82) is 0 Å². The summed E-state index contributed by atoms with van der Waals surface area (Å²) in [5.41, 5.74) is 3.90. The number of Topliss-reactive ketones (excluding diaryl/α,β-unsaturated/α-hetero) is 1. The molecule has 0 atom stereocenters. The van der Waals surface area contributed by atoms with E-state index in [0.717, 1.165) is 22.3 Å². The van der Waals surface area contributed by atoms with Gasteiger partial charge in [-0.3, -0.25) is 4.79 Å². The number of aryl methyl sites for hydroxylation is 1. The van der Waals surface area contributed by atoms with Crippen LogP contribution in [0.4, 0.5) is 0 Å². The molecule has 0 amide bonds. The lowest BCUT2D eigenvalue weighted by molar-refractivity contribution is 0.0988. The van der Waals surface area contributed by atoms with Crippen molar-refractivity contribution in [3.05, 3.63) is 70.8 Å². The van der Waals surface area contributed by atoms with Gasteiger partial charge in [0.05, 0.1) is 6.61 Å². The van der Waals surface area contributed by atoms with Crippen LogP contribution in [-0.4, -0.2) is 12.9 Å². The summed E-state index contributed by atoms with van der Waals surface area (Å²) in [6.45, 7) is 2.48. The smallest absolute Gasteiger partial charge is 0.167 e. The lowest BCUT2D eigenvalue weighted by atomic mass is 9.96. The van der Waals surface area contributed by atoms with Crippen LogP contribution in [0, 0.1) is 6.92 Å². The normalized spacial score (nSPS) is 10.4. The van der Waals surface area contributed by atoms with Gasteiger partial charge in [0.25, 0.3) is 0 Å². The largest absolute Gasteiger partial charge is 0.380 e. The average molecular weight is 254 g/mol. The Morgan fingerprint density at radius 1 is 1.05 bits per heavy atom. The number of ketones is 1. The molecule has 98 valence electrons. The Morgan fingerprint density at radius 2 is 1.79 bits per heavy atom. The third kappa shape index (κ3) is 3.30. The Balaban J connectivity index is 2.26. The minimum atomic E-state index is 0.141. The van der Waals surface area contributed by atoms with Crippen molar-refractivity contribution >= 4 is 5.78 Å². The zero-order valence-corrected chi connectivity index (χ0v) is 11.3. The summed E-state index contributed by atoms with van der Waals surface area (Å²) in [5.74, 6) is 0.141. The number of benzene rings is 2. The van der Waals surface area contributed by atoms with Crippen molar-refractivity contribution in [3.8, 4) is 0 Å². The zero-order chi connectivity index (χ0) is 13.7. The maximum absolute atomic E-state index is 12.4. The number of hydrogen-bond donors (Lipinski definition) is 0. The fourth-order valence-corrected chi connectivity index (χ4v) is 2.18. The van der Waals surface area contributed by atoms with Gasteiger partial charge in [0, 0.05) is 19.1 Å². The summed E-state index contributed by atoms with van der Waals surface area (Å²) in [7, 11) is 1.65. The molecule has 0 saturated heterocycles. The maximum atomic E-state index is 12.4. The van der Waals surface area contributed by atoms with Gasteiger partial charge >= 0.3 is 0 Å². The Labute approximate surface area is 114 Å². The predicted octanol–water partition coefficient (Wildman–Crippen LogP) is 3.57. The van der Waals surface area contributed by atoms with Crippen molar-refractivity contribution in [1.82, 2.24) is 0 Å². The number of hydrogen-bond acceptors (Lipinski definition) is 2. The molecule has 2 aromatic carbocycles. The van der Waals surface area contributed by atoms with Crippen molar-refractivity contribution in [2.45, 2.75) is 20.0 Å². The van der Waals surface area contributed by atoms with Gasteiger partial charge in [0.2, 0.25) is 0 Å². The molecular formula is C17H18O2. The molecule has 2 nitrogen and oxygen atoms in total. The minimum absolute atomic E-state index is 0.141. The number of ether oxygens (including phenoxy) is 1. The molecule has 0 aromatic heterocycles. The Hall–Kier alpha value is -1.93. The van der Waals surface area contributed by atoms with Gasteiger partial charge in [-0.2, -0.15) is 0 Å². The van der Waals surface area contributed by atoms with Crippen LogP contribution in [0.15, 0.2) is 48.5 Å². The van der Waals surface area contributed by atoms with Crippen molar-refractivity contribution in [2.24, 2.45) is 0 Å². The molecule has 0 radical (unpaired) electrons. The van der Waals surface area contributed by atoms with Crippen LogP contribution in [0.2, 0.25) is 0 Å². The van der Waals surface area contributed by atoms with Crippen LogP contribution in [0.25, 0.3) is 0 Å². The number of rotatable bonds is 5. The van der Waals surface area contributed by atoms with Crippen molar-refractivity contribution < 1.29 is 9.53 Å². The van der Waals surface area contributed by atoms with E-state index in [2.05, 4.69) is 0 Å². The first kappa shape index (κ1) is 13.5. The molecular weight excluding hydrogens is 236 g/mol. The molecule has 0 unspecified atom stereocenters. The molecule has 19 heavy (non-hydrogen) atoms. The van der Waals surface area contributed by atoms with E-state index in [0.29, 0.717) is 13.0 Å². The summed E-state index contributed by atoms with van der Waals surface area (Å²) < 4.78 is 5.20. The molecule has 0 aliphatic carbocycles. The second kappa shape index (κ2) is 6.30. The van der Waals surface area contributed by atoms with E-state index in [4.69, 9.17) is 4.74 Å². The highest BCUT2D eigenvalue weighted by atomic mass is 16.5. The van der Waals surface area contributed by atoms with E-state index < -0.39 is 0 Å². The molecule has 0 saturated carbocycles. The second-order valence-electron chi connectivity index (χ2n) is 4.62. The molecule has 0 heterocycles. The van der Waals surface area contributed by atoms with Gasteiger partial charge < -0.3 is 4.74 Å². The summed E-state index contributed by atoms with van der Waals surface area (Å²) in [4.78, 5) is 12.4. The molecule has 2 rings (SSSR count). The summed E-state index contributed by atoms with van der Waals surface area (Å²) >= 11 is 0. The first-order valence-electron chi connectivity index (χ1n) is 6.37. The van der Waals surface area contributed by atoms with E-state index in [9.17, 15) is 4.79 Å². The van der Waals surface area contributed by atoms with Crippen LogP contribution in [0.1, 0.15) is 27.0 Å². The molecule has 2 aromatic rings. The standard InChI is InChI=1S/C17H18O2/c1-13-7-6-10-15(16(13)12-19-2)17(18)11-14-8-4-3-5-9-14/h3-10H,11-12H2,1-2H3. The lowest BCUT2D eigenvalue weighted by Crippen LogP contribution is -2.09. The lowest BCUT2D eigenvalue weighted by Gasteiger charge is -2.11. The quantitative estimate of drug-likeness (QED) is 0.762. The minimum Gasteiger partial charge on any atom is -0.380 e. The van der Waals surface area contributed by atoms with E-state index in [1.165, 1.54) is 0 Å². The van der Waals surface area contributed by atoms with Gasteiger partial charge in [-0.15, -0.1) is 0 Å². The van der Waals surface area contributed by atoms with Gasteiger partial charge in [-0.05, 0) is 23.6 Å². The highest BCUT2D eigenvalue weighted by Gasteiger charge is 2.13. The first-order valence-corrected chi connectivity index (χ1v) is 6.37. The SMILES string of the molecule is COCc1c(C)cccc1C(=O)Cc1ccccc1. The van der Waals surface area contributed by atoms with E-state index in [-0.39, 0.29) is 5.78 Å². The van der Waals surface area contributed by atoms with Crippen LogP contribution in [0.3, 0.4) is 0 Å². The number of methoxy groups -OCH3 is 1. The first-order chi connectivity index (χ1) is 9.22. The fraction of sp³-hybridized carbons (Fsp3) is 0.235. The van der Waals surface area contributed by atoms with Gasteiger partial charge in [0.15, 0.2) is 5.78 Å². The van der Waals surface area contributed by atoms with E-state index >= 15 is 0 Å². The highest BCUT2D eigenvalue weighted by molar-refractivity contribution is 5.99. The fourth-order valence-electron chi connectivity index (χ4n) is 2.18. The summed E-state index contributed by atoms with van der Waals surface area (Å²) in [5, 5.41) is 0. The number of carbonyl (C=O) groups excluding carboxylic acids is 1. The molecule has 0 aliphatic rings. The Kier molecular flexibility index (Phi) is 4.48. The van der Waals surface area contributed by atoms with Crippen LogP contribution >= 0.6 is 0 Å². The van der Waals surface area contributed by atoms with Crippen LogP contribution in [-0.2, 0) is 17.8 Å². The zero-order valence-electron chi connectivity index (χ0n) is 11.3. The summed E-state index contributed by atoms with van der Waals surface area (Å²) in [6, 6.07) is 15.6. The van der Waals surface area contributed by atoms with Gasteiger partial charge in [-0.1, -0.05) is 48.5 Å². The van der Waals surface area contributed by atoms with Crippen molar-refractivity contribution in [2.75, 3.05) is 7.11 Å². The van der Waals surface area contributed by atoms with Crippen LogP contribution in [0.5, 0.6) is 0 Å². The molecule has 0 aliphatic heterocycles. The highest BCUT2D eigenvalue weighted by Crippen LogP contribution is 2.17. The van der Waals surface area contributed by atoms with Gasteiger partial charge in [0.1, 0.15) is 0 Å². The van der Waals surface area contributed by atoms with E-state index in [1.807, 2.05) is 55.5 Å². The number of carbonyl (C=O) groups is 1. The maximum Gasteiger partial charge on any atom is 0.167 e. The molecule has 2 heteroatoms. The Bertz CT molecular complexity index is 559. The summed E-state index contributed by atoms with van der Waals surface area (Å²) in [6.07, 6.45) is 0.432. The van der Waals surface area contributed by atoms with E-state index in [1.54, 1.807) is 7.11 Å². The average Bonchev–Trinajstić information content (AvgIpc) is 2.42. The third-order valence-electron chi connectivity index (χ3n) is 3.21. The monoisotopic (exact) mass is 254 g/mol. The molecule has 0 fully saturated rings. The van der Waals surface area contributed by atoms with Gasteiger partial charge in [-0.25, -0.2) is 0 Å². The molecule has 0 bridgehead atoms. The van der Waals surface area contributed by atoms with Crippen molar-refractivity contribution in [3.63, 3.8) is 0 Å². The molecule has 0 N–H and O–H groups in total. The third-order valence-corrected chi connectivity index (χ3v) is 3.21. The Morgan fingerprint density at radius 3 is 2.47 bits per heavy atom.